The summed E-state index contributed by atoms with van der Waals surface area (Å²) in [6.45, 7) is 0.891. The highest BCUT2D eigenvalue weighted by Crippen LogP contribution is 2.27. The number of aromatic amines is 1. The zero-order chi connectivity index (χ0) is 29.5. The lowest BCUT2D eigenvalue weighted by molar-refractivity contribution is -0.114. The maximum atomic E-state index is 13.1. The fourth-order valence-corrected chi connectivity index (χ4v) is 4.65. The van der Waals surface area contributed by atoms with Crippen molar-refractivity contribution in [3.63, 3.8) is 0 Å². The van der Waals surface area contributed by atoms with E-state index in [2.05, 4.69) is 31.7 Å². The van der Waals surface area contributed by atoms with Gasteiger partial charge in [-0.1, -0.05) is 0 Å². The number of carbonyl (C=O) groups excluding carboxylic acids is 2. The van der Waals surface area contributed by atoms with Gasteiger partial charge in [-0.3, -0.25) is 9.59 Å². The van der Waals surface area contributed by atoms with E-state index in [0.717, 1.165) is 0 Å². The number of anilines is 3. The minimum Gasteiger partial charge on any atom is -0.370 e. The number of aliphatic imine (C=N–C) groups is 1. The van der Waals surface area contributed by atoms with Crippen molar-refractivity contribution in [2.24, 2.45) is 23.5 Å². The third-order valence-corrected chi connectivity index (χ3v) is 6.44. The number of halogens is 4. The first-order chi connectivity index (χ1) is 19.7. The van der Waals surface area contributed by atoms with E-state index < -0.39 is 0 Å². The van der Waals surface area contributed by atoms with Gasteiger partial charge in [0.05, 0.1) is 33.7 Å². The van der Waals surface area contributed by atoms with Crippen LogP contribution in [0.5, 0.6) is 0 Å². The number of guanidine groups is 1. The van der Waals surface area contributed by atoms with Crippen LogP contribution in [0, 0.1) is 11.3 Å². The first-order valence-corrected chi connectivity index (χ1v) is 13.5. The summed E-state index contributed by atoms with van der Waals surface area (Å²) in [7, 11) is 1.82. The molecule has 228 valence electrons. The van der Waals surface area contributed by atoms with Gasteiger partial charge in [0.2, 0.25) is 5.91 Å². The fourth-order valence-electron chi connectivity index (χ4n) is 4.24. The summed E-state index contributed by atoms with van der Waals surface area (Å²) < 4.78 is 1.80. The zero-order valence-electron chi connectivity index (χ0n) is 22.9. The van der Waals surface area contributed by atoms with Crippen molar-refractivity contribution in [2.45, 2.75) is 0 Å². The average Bonchev–Trinajstić information content (AvgIpc) is 3.53. The van der Waals surface area contributed by atoms with Gasteiger partial charge >= 0.3 is 0 Å². The van der Waals surface area contributed by atoms with Crippen LogP contribution in [0.15, 0.2) is 53.7 Å². The number of rotatable bonds is 11. The van der Waals surface area contributed by atoms with Crippen LogP contribution in [-0.4, -0.2) is 63.7 Å². The largest absolute Gasteiger partial charge is 0.370 e. The lowest BCUT2D eigenvalue weighted by Gasteiger charge is -2.24. The molecule has 12 nitrogen and oxygen atoms in total. The smallest absolute Gasteiger partial charge is 0.255 e. The molecule has 0 spiro atoms. The Morgan fingerprint density at radius 2 is 1.79 bits per heavy atom. The summed E-state index contributed by atoms with van der Waals surface area (Å²) in [6, 6.07) is 14.2. The molecule has 0 atom stereocenters. The van der Waals surface area contributed by atoms with Crippen LogP contribution in [0.1, 0.15) is 15.9 Å². The zero-order valence-corrected chi connectivity index (χ0v) is 26.1. The van der Waals surface area contributed by atoms with E-state index in [1.165, 1.54) is 0 Å². The van der Waals surface area contributed by atoms with Gasteiger partial charge in [0.1, 0.15) is 12.6 Å². The number of amides is 2. The van der Waals surface area contributed by atoms with E-state index in [-0.39, 0.29) is 49.1 Å². The van der Waals surface area contributed by atoms with Gasteiger partial charge in [-0.05, 0) is 42.5 Å². The highest BCUT2D eigenvalue weighted by Gasteiger charge is 2.16. The number of carbonyl (C=O) groups is 2. The number of aryl methyl sites for hydroxylation is 1. The van der Waals surface area contributed by atoms with Crippen LogP contribution in [-0.2, 0) is 11.8 Å². The molecule has 4 rings (SSSR count). The maximum absolute atomic E-state index is 13.1. The van der Waals surface area contributed by atoms with Gasteiger partial charge in [0.15, 0.2) is 11.8 Å². The minimum atomic E-state index is -0.366. The number of nitriles is 1. The van der Waals surface area contributed by atoms with E-state index in [1.807, 2.05) is 11.9 Å². The number of H-pyrrole nitrogens is 1. The summed E-state index contributed by atoms with van der Waals surface area (Å²) in [4.78, 5) is 38.6. The number of nitrogens with two attached hydrogens (primary N) is 2. The number of nitrogens with one attached hydrogen (secondary N) is 3. The van der Waals surface area contributed by atoms with Crippen LogP contribution < -0.4 is 27.0 Å². The van der Waals surface area contributed by atoms with Crippen molar-refractivity contribution < 1.29 is 9.59 Å². The van der Waals surface area contributed by atoms with Gasteiger partial charge in [-0.2, -0.15) is 5.26 Å². The maximum Gasteiger partial charge on any atom is 0.255 e. The SMILES string of the molecule is Cl.Cl.Cn1cc(NC(=O)CN=C(N)N)cc1-c1nc2ccc(C(=O)Nc3ccc(N(CCCl)CCCl)c(C#N)c3)cc2[nH]1. The molecule has 0 unspecified atom stereocenters. The molecule has 0 bridgehead atoms. The average molecular weight is 668 g/mol. The van der Waals surface area contributed by atoms with Gasteiger partial charge < -0.3 is 36.6 Å². The number of imidazole rings is 1. The lowest BCUT2D eigenvalue weighted by Crippen LogP contribution is -2.28. The van der Waals surface area contributed by atoms with E-state index in [4.69, 9.17) is 34.7 Å². The number of benzene rings is 2. The summed E-state index contributed by atoms with van der Waals surface area (Å²) in [5.74, 6) is 0.457. The third kappa shape index (κ3) is 8.68. The number of aromatic nitrogens is 3. The minimum absolute atomic E-state index is 0. The third-order valence-electron chi connectivity index (χ3n) is 6.11. The topological polar surface area (TPSA) is 183 Å². The highest BCUT2D eigenvalue weighted by molar-refractivity contribution is 6.18. The van der Waals surface area contributed by atoms with E-state index in [9.17, 15) is 14.9 Å². The number of alkyl halides is 2. The molecule has 0 saturated heterocycles. The van der Waals surface area contributed by atoms with E-state index in [1.54, 1.807) is 53.2 Å². The van der Waals surface area contributed by atoms with Crippen molar-refractivity contribution in [3.8, 4) is 17.6 Å². The Bertz CT molecular complexity index is 1650. The Balaban J connectivity index is 0.00000323. The van der Waals surface area contributed by atoms with Crippen molar-refractivity contribution in [1.82, 2.24) is 14.5 Å². The monoisotopic (exact) mass is 666 g/mol. The summed E-state index contributed by atoms with van der Waals surface area (Å²) >= 11 is 11.8. The predicted molar refractivity (Wildman–Crippen MR) is 177 cm³/mol. The number of fused-ring (bicyclic) bond motifs is 1. The van der Waals surface area contributed by atoms with Gasteiger partial charge in [-0.25, -0.2) is 9.98 Å². The number of hydrogen-bond acceptors (Lipinski definition) is 6. The molecule has 0 fully saturated rings. The molecule has 2 amide bonds. The van der Waals surface area contributed by atoms with Crippen molar-refractivity contribution >= 4 is 93.9 Å². The van der Waals surface area contributed by atoms with Crippen LogP contribution >= 0.6 is 48.0 Å². The van der Waals surface area contributed by atoms with Crippen molar-refractivity contribution in [2.75, 3.05) is 46.9 Å². The molecule has 0 aliphatic carbocycles. The lowest BCUT2D eigenvalue weighted by atomic mass is 10.1. The Morgan fingerprint density at radius 1 is 1.07 bits per heavy atom. The molecule has 2 aromatic heterocycles. The highest BCUT2D eigenvalue weighted by atomic mass is 35.5. The Morgan fingerprint density at radius 3 is 2.44 bits per heavy atom. The van der Waals surface area contributed by atoms with Gasteiger partial charge in [0, 0.05) is 49.3 Å². The van der Waals surface area contributed by atoms with Crippen LogP contribution in [0.25, 0.3) is 22.6 Å². The van der Waals surface area contributed by atoms with Crippen molar-refractivity contribution in [1.29, 1.82) is 5.26 Å². The molecule has 2 aromatic carbocycles. The Hall–Kier alpha value is -4.15. The molecule has 4 aromatic rings. The second-order valence-electron chi connectivity index (χ2n) is 8.99. The molecular formula is C27H30Cl4N10O2. The predicted octanol–water partition coefficient (Wildman–Crippen LogP) is 4.03. The standard InChI is InChI=1S/C27H28Cl2N10O2.2ClH/c1-38-15-19(34-24(40)14-33-27(31)32)12-23(38)25-36-20-4-2-16(11-21(20)37-25)26(41)35-18-3-5-22(17(10-18)13-30)39(8-6-28)9-7-29;;/h2-5,10-12,15H,6-9,14H2,1H3,(H,34,40)(H,35,41)(H,36,37)(H4,31,32,33);2*1H. The second kappa shape index (κ2) is 15.9. The molecule has 43 heavy (non-hydrogen) atoms. The first-order valence-electron chi connectivity index (χ1n) is 12.5. The van der Waals surface area contributed by atoms with Gasteiger partial charge in [-0.15, -0.1) is 48.0 Å². The number of nitrogens with zero attached hydrogens (tertiary/aromatic N) is 5. The Labute approximate surface area is 270 Å². The van der Waals surface area contributed by atoms with Crippen molar-refractivity contribution in [3.05, 3.63) is 59.8 Å². The van der Waals surface area contributed by atoms with E-state index >= 15 is 0 Å². The molecule has 2 heterocycles. The molecule has 0 saturated carbocycles. The molecule has 0 radical (unpaired) electrons. The Kier molecular flexibility index (Phi) is 13.0. The van der Waals surface area contributed by atoms with Gasteiger partial charge in [0.25, 0.3) is 5.91 Å². The number of hydrogen-bond donors (Lipinski definition) is 5. The summed E-state index contributed by atoms with van der Waals surface area (Å²) in [5, 5.41) is 15.3. The molecule has 7 N–H and O–H groups in total. The second-order valence-corrected chi connectivity index (χ2v) is 9.75. The summed E-state index contributed by atoms with van der Waals surface area (Å²) in [5.41, 5.74) is 15.1. The normalized spacial score (nSPS) is 10.2. The molecular weight excluding hydrogens is 638 g/mol. The molecule has 0 aliphatic heterocycles. The molecule has 16 heteroatoms. The molecule has 0 aliphatic rings. The fraction of sp³-hybridized carbons (Fsp3) is 0.222. The van der Waals surface area contributed by atoms with Crippen LogP contribution in [0.4, 0.5) is 17.1 Å². The summed E-state index contributed by atoms with van der Waals surface area (Å²) in [6.07, 6.45) is 1.74. The van der Waals surface area contributed by atoms with Crippen LogP contribution in [0.3, 0.4) is 0 Å². The van der Waals surface area contributed by atoms with E-state index in [0.29, 0.717) is 75.6 Å². The quantitative estimate of drug-likeness (QED) is 0.0908. The van der Waals surface area contributed by atoms with Crippen LogP contribution in [0.2, 0.25) is 0 Å². The first kappa shape index (κ1) is 35.0.